The van der Waals surface area contributed by atoms with Crippen LogP contribution in [0.2, 0.25) is 0 Å². The van der Waals surface area contributed by atoms with Gasteiger partial charge in [0.05, 0.1) is 10.5 Å². The van der Waals surface area contributed by atoms with Gasteiger partial charge < -0.3 is 9.64 Å². The van der Waals surface area contributed by atoms with Crippen molar-refractivity contribution in [2.75, 3.05) is 31.0 Å². The quantitative estimate of drug-likeness (QED) is 0.625. The Bertz CT molecular complexity index is 926. The molecule has 2 aromatic carbocycles. The summed E-state index contributed by atoms with van der Waals surface area (Å²) in [6, 6.07) is 9.95. The minimum atomic E-state index is -3.73. The number of carbonyl (C=O) groups is 1. The van der Waals surface area contributed by atoms with Crippen molar-refractivity contribution >= 4 is 21.7 Å². The molecule has 0 bridgehead atoms. The number of ether oxygens (including phenoxy) is 1. The fraction of sp³-hybridized carbons (Fsp3) is 0.409. The summed E-state index contributed by atoms with van der Waals surface area (Å²) in [6.45, 7) is 12.4. The Hall–Kier alpha value is -2.38. The van der Waals surface area contributed by atoms with Gasteiger partial charge in [0.2, 0.25) is 0 Å². The molecule has 0 spiro atoms. The smallest absolute Gasteiger partial charge is 0.338 e. The number of nitrogens with one attached hydrogen (secondary N) is 1. The predicted octanol–water partition coefficient (Wildman–Crippen LogP) is 3.91. The lowest BCUT2D eigenvalue weighted by atomic mass is 10.1. The number of nitrogens with zero attached hydrogens (tertiary/aromatic N) is 1. The van der Waals surface area contributed by atoms with Crippen LogP contribution < -0.4 is 4.72 Å². The zero-order chi connectivity index (χ0) is 21.6. The molecule has 0 aliphatic carbocycles. The number of hydrogen-bond acceptors (Lipinski definition) is 5. The molecule has 2 aromatic rings. The van der Waals surface area contributed by atoms with Crippen molar-refractivity contribution in [3.63, 3.8) is 0 Å². The molecule has 2 rings (SSSR count). The third kappa shape index (κ3) is 6.05. The first-order chi connectivity index (χ1) is 13.7. The zero-order valence-electron chi connectivity index (χ0n) is 17.8. The van der Waals surface area contributed by atoms with Crippen LogP contribution in [-0.2, 0) is 14.8 Å². The van der Waals surface area contributed by atoms with Crippen LogP contribution in [-0.4, -0.2) is 45.5 Å². The van der Waals surface area contributed by atoms with E-state index >= 15 is 0 Å². The second-order valence-electron chi connectivity index (χ2n) is 7.07. The van der Waals surface area contributed by atoms with E-state index in [2.05, 4.69) is 23.5 Å². The van der Waals surface area contributed by atoms with Gasteiger partial charge in [-0.3, -0.25) is 4.72 Å². The number of aryl methyl sites for hydroxylation is 3. The minimum absolute atomic E-state index is 0.281. The molecular weight excluding hydrogens is 388 g/mol. The Balaban J connectivity index is 2.06. The molecule has 0 amide bonds. The fourth-order valence-electron chi connectivity index (χ4n) is 3.36. The standard InChI is InChI=1S/C22H30N2O4S/c1-6-24(7-2)12-13-28-22(25)19-8-10-20(11-9-19)23-29(26,27)21-17(4)14-16(3)15-18(21)5/h8-11,14-15,23H,6-7,12-13H2,1-5H3. The van der Waals surface area contributed by atoms with Crippen LogP contribution in [0.4, 0.5) is 5.69 Å². The van der Waals surface area contributed by atoms with Crippen LogP contribution in [0.1, 0.15) is 40.9 Å². The molecule has 0 unspecified atom stereocenters. The zero-order valence-corrected chi connectivity index (χ0v) is 18.6. The Morgan fingerprint density at radius 3 is 2.07 bits per heavy atom. The predicted molar refractivity (Wildman–Crippen MR) is 116 cm³/mol. The van der Waals surface area contributed by atoms with Gasteiger partial charge >= 0.3 is 5.97 Å². The number of anilines is 1. The number of likely N-dealkylation sites (N-methyl/N-ethyl adjacent to an activating group) is 1. The van der Waals surface area contributed by atoms with Crippen LogP contribution in [0, 0.1) is 20.8 Å². The minimum Gasteiger partial charge on any atom is -0.461 e. The number of hydrogen-bond donors (Lipinski definition) is 1. The molecule has 1 N–H and O–H groups in total. The summed E-state index contributed by atoms with van der Waals surface area (Å²) in [7, 11) is -3.73. The molecule has 0 fully saturated rings. The number of carbonyl (C=O) groups excluding carboxylic acids is 1. The number of rotatable bonds is 9. The summed E-state index contributed by atoms with van der Waals surface area (Å²) in [5.74, 6) is -0.420. The van der Waals surface area contributed by atoms with E-state index in [4.69, 9.17) is 4.74 Å². The second kappa shape index (κ2) is 9.89. The van der Waals surface area contributed by atoms with E-state index in [0.29, 0.717) is 35.5 Å². The Labute approximate surface area is 173 Å². The first kappa shape index (κ1) is 22.9. The maximum absolute atomic E-state index is 12.8. The monoisotopic (exact) mass is 418 g/mol. The number of esters is 1. The van der Waals surface area contributed by atoms with Crippen molar-refractivity contribution in [2.45, 2.75) is 39.5 Å². The molecule has 29 heavy (non-hydrogen) atoms. The van der Waals surface area contributed by atoms with Crippen molar-refractivity contribution in [3.05, 3.63) is 58.7 Å². The van der Waals surface area contributed by atoms with Gasteiger partial charge in [-0.15, -0.1) is 0 Å². The van der Waals surface area contributed by atoms with E-state index in [1.54, 1.807) is 38.1 Å². The van der Waals surface area contributed by atoms with E-state index in [1.165, 1.54) is 0 Å². The van der Waals surface area contributed by atoms with Crippen LogP contribution in [0.3, 0.4) is 0 Å². The lowest BCUT2D eigenvalue weighted by molar-refractivity contribution is 0.0466. The summed E-state index contributed by atoms with van der Waals surface area (Å²) < 4.78 is 33.5. The highest BCUT2D eigenvalue weighted by Crippen LogP contribution is 2.24. The van der Waals surface area contributed by atoms with E-state index < -0.39 is 16.0 Å². The summed E-state index contributed by atoms with van der Waals surface area (Å²) in [5.41, 5.74) is 3.19. The first-order valence-corrected chi connectivity index (χ1v) is 11.3. The maximum Gasteiger partial charge on any atom is 0.338 e. The van der Waals surface area contributed by atoms with Crippen LogP contribution in [0.25, 0.3) is 0 Å². The Kier molecular flexibility index (Phi) is 7.81. The average Bonchev–Trinajstić information content (AvgIpc) is 2.64. The third-order valence-electron chi connectivity index (χ3n) is 4.78. The topological polar surface area (TPSA) is 75.7 Å². The number of benzene rings is 2. The molecular formula is C22H30N2O4S. The molecule has 0 radical (unpaired) electrons. The van der Waals surface area contributed by atoms with Gasteiger partial charge in [-0.05, 0) is 69.3 Å². The highest BCUT2D eigenvalue weighted by molar-refractivity contribution is 7.92. The molecule has 0 aliphatic rings. The SMILES string of the molecule is CCN(CC)CCOC(=O)c1ccc(NS(=O)(=O)c2c(C)cc(C)cc2C)cc1. The summed E-state index contributed by atoms with van der Waals surface area (Å²) in [5, 5.41) is 0. The molecule has 0 aromatic heterocycles. The van der Waals surface area contributed by atoms with Gasteiger partial charge in [0.1, 0.15) is 6.61 Å². The molecule has 0 heterocycles. The Morgan fingerprint density at radius 1 is 1.00 bits per heavy atom. The van der Waals surface area contributed by atoms with Gasteiger partial charge in [-0.1, -0.05) is 31.5 Å². The van der Waals surface area contributed by atoms with Crippen molar-refractivity contribution in [2.24, 2.45) is 0 Å². The van der Waals surface area contributed by atoms with Crippen molar-refractivity contribution in [1.82, 2.24) is 4.90 Å². The normalized spacial score (nSPS) is 11.5. The molecule has 6 nitrogen and oxygen atoms in total. The summed E-state index contributed by atoms with van der Waals surface area (Å²) in [6.07, 6.45) is 0. The van der Waals surface area contributed by atoms with E-state index in [1.807, 2.05) is 19.1 Å². The van der Waals surface area contributed by atoms with E-state index in [0.717, 1.165) is 18.7 Å². The largest absolute Gasteiger partial charge is 0.461 e. The number of sulfonamides is 1. The highest BCUT2D eigenvalue weighted by atomic mass is 32.2. The van der Waals surface area contributed by atoms with Gasteiger partial charge in [0.15, 0.2) is 0 Å². The molecule has 0 saturated carbocycles. The first-order valence-electron chi connectivity index (χ1n) is 9.78. The van der Waals surface area contributed by atoms with Crippen LogP contribution in [0.5, 0.6) is 0 Å². The second-order valence-corrected chi connectivity index (χ2v) is 8.69. The Morgan fingerprint density at radius 2 is 1.55 bits per heavy atom. The van der Waals surface area contributed by atoms with Gasteiger partial charge in [-0.25, -0.2) is 13.2 Å². The molecule has 158 valence electrons. The van der Waals surface area contributed by atoms with E-state index in [-0.39, 0.29) is 4.90 Å². The lowest BCUT2D eigenvalue weighted by Crippen LogP contribution is -2.27. The van der Waals surface area contributed by atoms with Crippen LogP contribution >= 0.6 is 0 Å². The van der Waals surface area contributed by atoms with Crippen LogP contribution in [0.15, 0.2) is 41.3 Å². The molecule has 7 heteroatoms. The molecule has 0 atom stereocenters. The summed E-state index contributed by atoms with van der Waals surface area (Å²) >= 11 is 0. The van der Waals surface area contributed by atoms with Gasteiger partial charge in [-0.2, -0.15) is 0 Å². The fourth-order valence-corrected chi connectivity index (χ4v) is 4.88. The van der Waals surface area contributed by atoms with E-state index in [9.17, 15) is 13.2 Å². The third-order valence-corrected chi connectivity index (χ3v) is 6.47. The van der Waals surface area contributed by atoms with Crippen molar-refractivity contribution < 1.29 is 17.9 Å². The molecule has 0 aliphatic heterocycles. The summed E-state index contributed by atoms with van der Waals surface area (Å²) in [4.78, 5) is 14.6. The molecule has 0 saturated heterocycles. The average molecular weight is 419 g/mol. The van der Waals surface area contributed by atoms with Gasteiger partial charge in [0, 0.05) is 12.2 Å². The van der Waals surface area contributed by atoms with Crippen molar-refractivity contribution in [3.8, 4) is 0 Å². The van der Waals surface area contributed by atoms with Crippen molar-refractivity contribution in [1.29, 1.82) is 0 Å². The highest BCUT2D eigenvalue weighted by Gasteiger charge is 2.20. The maximum atomic E-state index is 12.8. The lowest BCUT2D eigenvalue weighted by Gasteiger charge is -2.17. The van der Waals surface area contributed by atoms with Gasteiger partial charge in [0.25, 0.3) is 10.0 Å².